The van der Waals surface area contributed by atoms with Crippen LogP contribution in [-0.2, 0) is 0 Å². The standard InChI is InChI=1S/C37H23N3/c1-38-30-16-7-10-19-33(30)39-32-18-9-6-15-29(32)37-34(39)20-11-21-35(37)40-31-17-8-5-14-27(31)28-23-22-26(24-36(28)40)25-12-3-2-4-13-25/h2-24H. The largest absolute Gasteiger partial charge is 0.319 e. The van der Waals surface area contributed by atoms with Crippen molar-refractivity contribution in [3.05, 3.63) is 151 Å². The van der Waals surface area contributed by atoms with Gasteiger partial charge in [-0.1, -0.05) is 103 Å². The molecule has 3 heteroatoms. The summed E-state index contributed by atoms with van der Waals surface area (Å²) in [5.41, 5.74) is 9.58. The Hall–Kier alpha value is -5.59. The maximum Gasteiger partial charge on any atom is 0.210 e. The molecular weight excluding hydrogens is 486 g/mol. The molecule has 0 fully saturated rings. The third kappa shape index (κ3) is 3.17. The predicted molar refractivity (Wildman–Crippen MR) is 167 cm³/mol. The van der Waals surface area contributed by atoms with Gasteiger partial charge < -0.3 is 9.13 Å². The molecule has 6 aromatic carbocycles. The van der Waals surface area contributed by atoms with Crippen molar-refractivity contribution in [2.75, 3.05) is 0 Å². The van der Waals surface area contributed by atoms with Crippen molar-refractivity contribution in [1.29, 1.82) is 0 Å². The van der Waals surface area contributed by atoms with Crippen LogP contribution in [0.4, 0.5) is 5.69 Å². The number of nitrogens with zero attached hydrogens (tertiary/aromatic N) is 3. The van der Waals surface area contributed by atoms with Crippen LogP contribution >= 0.6 is 0 Å². The molecule has 2 heterocycles. The first kappa shape index (κ1) is 22.4. The van der Waals surface area contributed by atoms with E-state index in [1.54, 1.807) is 0 Å². The van der Waals surface area contributed by atoms with Gasteiger partial charge in [-0.2, -0.15) is 0 Å². The summed E-state index contributed by atoms with van der Waals surface area (Å²) >= 11 is 0. The Morgan fingerprint density at radius 2 is 1.02 bits per heavy atom. The molecule has 0 saturated heterocycles. The second-order valence-electron chi connectivity index (χ2n) is 10.1. The number of aromatic nitrogens is 2. The molecule has 0 unspecified atom stereocenters. The first-order valence-electron chi connectivity index (χ1n) is 13.4. The second-order valence-corrected chi connectivity index (χ2v) is 10.1. The molecule has 0 saturated carbocycles. The van der Waals surface area contributed by atoms with E-state index in [9.17, 15) is 0 Å². The van der Waals surface area contributed by atoms with Crippen molar-refractivity contribution in [3.8, 4) is 22.5 Å². The summed E-state index contributed by atoms with van der Waals surface area (Å²) in [6.45, 7) is 7.84. The van der Waals surface area contributed by atoms with Gasteiger partial charge in [-0.15, -0.1) is 0 Å². The molecule has 8 rings (SSSR count). The van der Waals surface area contributed by atoms with E-state index in [1.165, 1.54) is 38.3 Å². The lowest BCUT2D eigenvalue weighted by molar-refractivity contribution is 1.17. The van der Waals surface area contributed by atoms with E-state index in [0.29, 0.717) is 5.69 Å². The van der Waals surface area contributed by atoms with Gasteiger partial charge in [-0.05, 0) is 47.5 Å². The smallest absolute Gasteiger partial charge is 0.210 e. The lowest BCUT2D eigenvalue weighted by atomic mass is 10.0. The average Bonchev–Trinajstić information content (AvgIpc) is 3.54. The van der Waals surface area contributed by atoms with Crippen LogP contribution in [0.2, 0.25) is 0 Å². The van der Waals surface area contributed by atoms with Gasteiger partial charge in [-0.25, -0.2) is 4.85 Å². The number of rotatable bonds is 3. The van der Waals surface area contributed by atoms with E-state index < -0.39 is 0 Å². The quantitative estimate of drug-likeness (QED) is 0.210. The van der Waals surface area contributed by atoms with Gasteiger partial charge in [0.1, 0.15) is 0 Å². The summed E-state index contributed by atoms with van der Waals surface area (Å²) < 4.78 is 4.65. The summed E-state index contributed by atoms with van der Waals surface area (Å²) in [5, 5.41) is 4.80. The van der Waals surface area contributed by atoms with Crippen LogP contribution in [0.3, 0.4) is 0 Å². The maximum atomic E-state index is 7.84. The highest BCUT2D eigenvalue weighted by atomic mass is 15.0. The van der Waals surface area contributed by atoms with Crippen LogP contribution in [0, 0.1) is 6.57 Å². The van der Waals surface area contributed by atoms with E-state index in [1.807, 2.05) is 24.3 Å². The Morgan fingerprint density at radius 1 is 0.425 bits per heavy atom. The highest BCUT2D eigenvalue weighted by Crippen LogP contribution is 2.41. The average molecular weight is 510 g/mol. The minimum atomic E-state index is 0.639. The monoisotopic (exact) mass is 509 g/mol. The summed E-state index contributed by atoms with van der Waals surface area (Å²) in [6.07, 6.45) is 0. The highest BCUT2D eigenvalue weighted by Gasteiger charge is 2.20. The number of fused-ring (bicyclic) bond motifs is 6. The second kappa shape index (κ2) is 8.73. The van der Waals surface area contributed by atoms with Crippen LogP contribution in [0.15, 0.2) is 140 Å². The van der Waals surface area contributed by atoms with Crippen LogP contribution in [0.1, 0.15) is 0 Å². The molecule has 186 valence electrons. The molecule has 0 atom stereocenters. The molecule has 0 N–H and O–H groups in total. The molecule has 8 aromatic rings. The zero-order chi connectivity index (χ0) is 26.6. The van der Waals surface area contributed by atoms with Gasteiger partial charge in [0.05, 0.1) is 40.0 Å². The molecule has 0 radical (unpaired) electrons. The molecule has 0 amide bonds. The number of hydrogen-bond acceptors (Lipinski definition) is 0. The fraction of sp³-hybridized carbons (Fsp3) is 0. The van der Waals surface area contributed by atoms with E-state index in [0.717, 1.165) is 27.8 Å². The molecule has 0 spiro atoms. The van der Waals surface area contributed by atoms with Crippen LogP contribution in [0.5, 0.6) is 0 Å². The zero-order valence-corrected chi connectivity index (χ0v) is 21.6. The summed E-state index contributed by atoms with van der Waals surface area (Å²) in [5.74, 6) is 0. The van der Waals surface area contributed by atoms with Gasteiger partial charge in [0, 0.05) is 21.5 Å². The van der Waals surface area contributed by atoms with Crippen molar-refractivity contribution in [1.82, 2.24) is 9.13 Å². The first-order valence-corrected chi connectivity index (χ1v) is 13.4. The number of benzene rings is 6. The third-order valence-electron chi connectivity index (χ3n) is 7.94. The Kier molecular flexibility index (Phi) is 4.89. The molecule has 0 aliphatic carbocycles. The first-order chi connectivity index (χ1) is 19.8. The normalized spacial score (nSPS) is 11.5. The van der Waals surface area contributed by atoms with Gasteiger partial charge in [0.15, 0.2) is 0 Å². The fourth-order valence-electron chi connectivity index (χ4n) is 6.23. The molecule has 0 aliphatic heterocycles. The predicted octanol–water partition coefficient (Wildman–Crippen LogP) is 10.1. The van der Waals surface area contributed by atoms with Crippen molar-refractivity contribution >= 4 is 49.3 Å². The SMILES string of the molecule is [C-]#[N+]c1ccccc1-n1c2ccccc2c2c(-n3c4ccccc4c4ccc(-c5ccccc5)cc43)cccc21. The molecule has 3 nitrogen and oxygen atoms in total. The Labute approximate surface area is 231 Å². The number of hydrogen-bond donors (Lipinski definition) is 0. The van der Waals surface area contributed by atoms with Gasteiger partial charge in [0.2, 0.25) is 5.69 Å². The van der Waals surface area contributed by atoms with E-state index in [-0.39, 0.29) is 0 Å². The van der Waals surface area contributed by atoms with E-state index in [4.69, 9.17) is 6.57 Å². The van der Waals surface area contributed by atoms with Gasteiger partial charge >= 0.3 is 0 Å². The van der Waals surface area contributed by atoms with E-state index >= 15 is 0 Å². The number of para-hydroxylation sites is 4. The molecule has 2 aromatic heterocycles. The van der Waals surface area contributed by atoms with Crippen molar-refractivity contribution < 1.29 is 0 Å². The Bertz CT molecular complexity index is 2280. The lowest BCUT2D eigenvalue weighted by Gasteiger charge is -2.13. The molecule has 0 bridgehead atoms. The van der Waals surface area contributed by atoms with Crippen molar-refractivity contribution in [2.24, 2.45) is 0 Å². The van der Waals surface area contributed by atoms with E-state index in [2.05, 4.69) is 129 Å². The maximum absolute atomic E-state index is 7.84. The van der Waals surface area contributed by atoms with Crippen molar-refractivity contribution in [2.45, 2.75) is 0 Å². The van der Waals surface area contributed by atoms with Crippen molar-refractivity contribution in [3.63, 3.8) is 0 Å². The van der Waals surface area contributed by atoms with Gasteiger partial charge in [-0.3, -0.25) is 0 Å². The summed E-state index contributed by atoms with van der Waals surface area (Å²) in [6, 6.07) is 48.9. The topological polar surface area (TPSA) is 14.2 Å². The zero-order valence-electron chi connectivity index (χ0n) is 21.6. The Morgan fingerprint density at radius 3 is 1.85 bits per heavy atom. The van der Waals surface area contributed by atoms with Crippen LogP contribution in [-0.4, -0.2) is 9.13 Å². The van der Waals surface area contributed by atoms with Crippen LogP contribution < -0.4 is 0 Å². The highest BCUT2D eigenvalue weighted by molar-refractivity contribution is 6.17. The minimum Gasteiger partial charge on any atom is -0.319 e. The molecule has 0 aliphatic rings. The minimum absolute atomic E-state index is 0.639. The fourth-order valence-corrected chi connectivity index (χ4v) is 6.23. The molecular formula is C37H23N3. The third-order valence-corrected chi connectivity index (χ3v) is 7.94. The van der Waals surface area contributed by atoms with Crippen LogP contribution in [0.25, 0.3) is 71.0 Å². The summed E-state index contributed by atoms with van der Waals surface area (Å²) in [4.78, 5) is 3.86. The molecule has 40 heavy (non-hydrogen) atoms. The summed E-state index contributed by atoms with van der Waals surface area (Å²) in [7, 11) is 0. The Balaban J connectivity index is 1.53. The van der Waals surface area contributed by atoms with Gasteiger partial charge in [0.25, 0.3) is 0 Å². The lowest BCUT2D eigenvalue weighted by Crippen LogP contribution is -1.97.